The Kier molecular flexibility index (Phi) is 7.10. The van der Waals surface area contributed by atoms with E-state index in [1.54, 1.807) is 0 Å². The minimum Gasteiger partial charge on any atom is -0.489 e. The lowest BCUT2D eigenvalue weighted by Crippen LogP contribution is -2.06. The number of carbonyl (C=O) groups excluding carboxylic acids is 1. The van der Waals surface area contributed by atoms with Crippen molar-refractivity contribution >= 4 is 16.9 Å². The van der Waals surface area contributed by atoms with E-state index >= 15 is 0 Å². The Bertz CT molecular complexity index is 1260. The molecule has 4 aromatic rings. The zero-order valence-electron chi connectivity index (χ0n) is 19.1. The maximum absolute atomic E-state index is 11.8. The molecule has 3 aromatic carbocycles. The summed E-state index contributed by atoms with van der Waals surface area (Å²) in [5.41, 5.74) is 11.7. The molecule has 170 valence electrons. The van der Waals surface area contributed by atoms with Crippen LogP contribution < -0.4 is 10.5 Å². The van der Waals surface area contributed by atoms with E-state index in [0.717, 1.165) is 57.4 Å². The van der Waals surface area contributed by atoms with Gasteiger partial charge in [0.2, 0.25) is 0 Å². The van der Waals surface area contributed by atoms with Gasteiger partial charge in [-0.05, 0) is 53.4 Å². The van der Waals surface area contributed by atoms with E-state index in [1.807, 2.05) is 36.4 Å². The summed E-state index contributed by atoms with van der Waals surface area (Å²) in [6, 6.07) is 22.1. The lowest BCUT2D eigenvalue weighted by atomic mass is 9.99. The summed E-state index contributed by atoms with van der Waals surface area (Å²) in [6.45, 7) is 2.99. The highest BCUT2D eigenvalue weighted by Gasteiger charge is 2.14. The maximum Gasteiger partial charge on any atom is 0.310 e. The number of hydrogen-bond acceptors (Lipinski definition) is 5. The van der Waals surface area contributed by atoms with Crippen LogP contribution in [0, 0.1) is 0 Å². The van der Waals surface area contributed by atoms with E-state index in [4.69, 9.17) is 19.6 Å². The SMILES string of the molecule is CCCc1cc2cc(COc3ccccc3CC(=O)OC)cc(-c3cccc(CN)c3)c2o1. The number of furan rings is 1. The number of para-hydroxylation sites is 1. The van der Waals surface area contributed by atoms with Crippen LogP contribution >= 0.6 is 0 Å². The van der Waals surface area contributed by atoms with Gasteiger partial charge in [-0.1, -0.05) is 43.3 Å². The highest BCUT2D eigenvalue weighted by atomic mass is 16.5. The summed E-state index contributed by atoms with van der Waals surface area (Å²) in [4.78, 5) is 11.8. The van der Waals surface area contributed by atoms with Crippen molar-refractivity contribution in [3.05, 3.63) is 89.2 Å². The highest BCUT2D eigenvalue weighted by Crippen LogP contribution is 2.34. The monoisotopic (exact) mass is 443 g/mol. The number of benzene rings is 3. The first-order valence-electron chi connectivity index (χ1n) is 11.2. The Morgan fingerprint density at radius 1 is 1.00 bits per heavy atom. The molecule has 0 amide bonds. The van der Waals surface area contributed by atoms with E-state index in [2.05, 4.69) is 37.3 Å². The smallest absolute Gasteiger partial charge is 0.310 e. The molecule has 0 aliphatic heterocycles. The number of rotatable bonds is 9. The first-order chi connectivity index (χ1) is 16.1. The fourth-order valence-corrected chi connectivity index (χ4v) is 3.98. The summed E-state index contributed by atoms with van der Waals surface area (Å²) in [6.07, 6.45) is 2.08. The maximum atomic E-state index is 11.8. The van der Waals surface area contributed by atoms with Crippen molar-refractivity contribution in [3.8, 4) is 16.9 Å². The van der Waals surface area contributed by atoms with Gasteiger partial charge in [-0.25, -0.2) is 0 Å². The van der Waals surface area contributed by atoms with Gasteiger partial charge in [-0.3, -0.25) is 4.79 Å². The zero-order valence-corrected chi connectivity index (χ0v) is 19.1. The lowest BCUT2D eigenvalue weighted by molar-refractivity contribution is -0.139. The predicted octanol–water partition coefficient (Wildman–Crippen LogP) is 5.81. The molecular formula is C28H29NO4. The van der Waals surface area contributed by atoms with Crippen LogP contribution in [0.2, 0.25) is 0 Å². The quantitative estimate of drug-likeness (QED) is 0.331. The van der Waals surface area contributed by atoms with E-state index in [9.17, 15) is 4.79 Å². The van der Waals surface area contributed by atoms with Crippen molar-refractivity contribution in [1.82, 2.24) is 0 Å². The third-order valence-electron chi connectivity index (χ3n) is 5.63. The Hall–Kier alpha value is -3.57. The Balaban J connectivity index is 1.69. The average Bonchev–Trinajstić information content (AvgIpc) is 3.25. The van der Waals surface area contributed by atoms with Crippen molar-refractivity contribution < 1.29 is 18.7 Å². The first kappa shape index (κ1) is 22.6. The lowest BCUT2D eigenvalue weighted by Gasteiger charge is -2.12. The summed E-state index contributed by atoms with van der Waals surface area (Å²) in [5, 5.41) is 1.05. The van der Waals surface area contributed by atoms with E-state index < -0.39 is 0 Å². The summed E-state index contributed by atoms with van der Waals surface area (Å²) in [5.74, 6) is 1.36. The summed E-state index contributed by atoms with van der Waals surface area (Å²) >= 11 is 0. The van der Waals surface area contributed by atoms with Crippen LogP contribution in [0.15, 0.2) is 71.1 Å². The van der Waals surface area contributed by atoms with Gasteiger partial charge in [0.25, 0.3) is 0 Å². The van der Waals surface area contributed by atoms with Gasteiger partial charge in [0.05, 0.1) is 13.5 Å². The van der Waals surface area contributed by atoms with Gasteiger partial charge in [0, 0.05) is 29.5 Å². The Labute approximate surface area is 194 Å². The van der Waals surface area contributed by atoms with Gasteiger partial charge in [-0.15, -0.1) is 0 Å². The van der Waals surface area contributed by atoms with Gasteiger partial charge < -0.3 is 19.6 Å². The normalized spacial score (nSPS) is 11.0. The Morgan fingerprint density at radius 2 is 1.85 bits per heavy atom. The molecule has 5 nitrogen and oxygen atoms in total. The second-order valence-electron chi connectivity index (χ2n) is 8.08. The number of fused-ring (bicyclic) bond motifs is 1. The molecule has 0 bridgehead atoms. The molecule has 0 radical (unpaired) electrons. The predicted molar refractivity (Wildman–Crippen MR) is 130 cm³/mol. The van der Waals surface area contributed by atoms with E-state index in [1.165, 1.54) is 7.11 Å². The van der Waals surface area contributed by atoms with Gasteiger partial charge in [0.1, 0.15) is 23.7 Å². The van der Waals surface area contributed by atoms with Crippen LogP contribution in [0.25, 0.3) is 22.1 Å². The first-order valence-corrected chi connectivity index (χ1v) is 11.2. The molecule has 0 unspecified atom stereocenters. The minimum atomic E-state index is -0.295. The third kappa shape index (κ3) is 5.26. The van der Waals surface area contributed by atoms with Crippen LogP contribution in [0.1, 0.15) is 35.8 Å². The molecule has 1 aromatic heterocycles. The van der Waals surface area contributed by atoms with E-state index in [-0.39, 0.29) is 12.4 Å². The van der Waals surface area contributed by atoms with Crippen molar-refractivity contribution in [1.29, 1.82) is 0 Å². The number of carbonyl (C=O) groups is 1. The summed E-state index contributed by atoms with van der Waals surface area (Å²) < 4.78 is 17.2. The van der Waals surface area contributed by atoms with Crippen molar-refractivity contribution in [3.63, 3.8) is 0 Å². The van der Waals surface area contributed by atoms with Crippen LogP contribution in [0.3, 0.4) is 0 Å². The molecule has 0 saturated heterocycles. The molecule has 0 aliphatic rings. The number of ether oxygens (including phenoxy) is 2. The average molecular weight is 444 g/mol. The van der Waals surface area contributed by atoms with Crippen molar-refractivity contribution in [2.75, 3.05) is 7.11 Å². The van der Waals surface area contributed by atoms with Gasteiger partial charge >= 0.3 is 5.97 Å². The molecular weight excluding hydrogens is 414 g/mol. The number of hydrogen-bond donors (Lipinski definition) is 1. The number of methoxy groups -OCH3 is 1. The second-order valence-corrected chi connectivity index (χ2v) is 8.08. The molecule has 0 saturated carbocycles. The number of nitrogens with two attached hydrogens (primary N) is 1. The van der Waals surface area contributed by atoms with Crippen molar-refractivity contribution in [2.45, 2.75) is 39.3 Å². The van der Waals surface area contributed by atoms with Crippen LogP contribution in [0.4, 0.5) is 0 Å². The fraction of sp³-hybridized carbons (Fsp3) is 0.250. The van der Waals surface area contributed by atoms with Crippen LogP contribution in [-0.4, -0.2) is 13.1 Å². The standard InChI is InChI=1S/C28H29NO4/c1-3-7-24-15-23-13-20(18-32-26-11-5-4-9-22(26)16-27(30)31-2)14-25(28(23)33-24)21-10-6-8-19(12-21)17-29/h4-6,8-15H,3,7,16-18,29H2,1-2H3. The molecule has 0 aliphatic carbocycles. The molecule has 33 heavy (non-hydrogen) atoms. The molecule has 4 rings (SSSR count). The summed E-state index contributed by atoms with van der Waals surface area (Å²) in [7, 11) is 1.39. The number of esters is 1. The largest absolute Gasteiger partial charge is 0.489 e. The second kappa shape index (κ2) is 10.4. The van der Waals surface area contributed by atoms with E-state index in [0.29, 0.717) is 18.9 Å². The van der Waals surface area contributed by atoms with Gasteiger partial charge in [-0.2, -0.15) is 0 Å². The fourth-order valence-electron chi connectivity index (χ4n) is 3.98. The number of aryl methyl sites for hydroxylation is 1. The molecule has 5 heteroatoms. The third-order valence-corrected chi connectivity index (χ3v) is 5.63. The molecule has 0 atom stereocenters. The van der Waals surface area contributed by atoms with Crippen LogP contribution in [0.5, 0.6) is 5.75 Å². The minimum absolute atomic E-state index is 0.172. The highest BCUT2D eigenvalue weighted by molar-refractivity contribution is 5.93. The molecule has 1 heterocycles. The molecule has 0 fully saturated rings. The molecule has 0 spiro atoms. The van der Waals surface area contributed by atoms with Crippen LogP contribution in [-0.2, 0) is 35.5 Å². The Morgan fingerprint density at radius 3 is 2.64 bits per heavy atom. The molecule has 2 N–H and O–H groups in total. The zero-order chi connectivity index (χ0) is 23.2. The topological polar surface area (TPSA) is 74.7 Å². The van der Waals surface area contributed by atoms with Crippen molar-refractivity contribution in [2.24, 2.45) is 5.73 Å². The van der Waals surface area contributed by atoms with Gasteiger partial charge in [0.15, 0.2) is 0 Å².